The van der Waals surface area contributed by atoms with Crippen LogP contribution in [-0.4, -0.2) is 10.7 Å². The quantitative estimate of drug-likeness (QED) is 0.912. The number of fused-ring (bicyclic) bond motifs is 1. The molecule has 0 radical (unpaired) electrons. The van der Waals surface area contributed by atoms with E-state index < -0.39 is 17.7 Å². The van der Waals surface area contributed by atoms with Gasteiger partial charge in [0.15, 0.2) is 11.6 Å². The first-order valence-corrected chi connectivity index (χ1v) is 6.81. The fourth-order valence-corrected chi connectivity index (χ4v) is 2.71. The minimum atomic E-state index is -1.20. The maximum absolute atomic E-state index is 13.8. The van der Waals surface area contributed by atoms with Crippen molar-refractivity contribution in [2.24, 2.45) is 0 Å². The maximum atomic E-state index is 13.8. The Balaban J connectivity index is 1.97. The van der Waals surface area contributed by atoms with Gasteiger partial charge < -0.3 is 9.84 Å². The van der Waals surface area contributed by atoms with Gasteiger partial charge in [-0.2, -0.15) is 0 Å². The van der Waals surface area contributed by atoms with Crippen LogP contribution in [0.25, 0.3) is 0 Å². The van der Waals surface area contributed by atoms with E-state index in [1.165, 1.54) is 12.1 Å². The van der Waals surface area contributed by atoms with E-state index in [1.807, 2.05) is 13.8 Å². The highest BCUT2D eigenvalue weighted by molar-refractivity contribution is 5.44. The van der Waals surface area contributed by atoms with Crippen molar-refractivity contribution in [3.63, 3.8) is 0 Å². The molecule has 0 spiro atoms. The zero-order chi connectivity index (χ0) is 15.2. The van der Waals surface area contributed by atoms with E-state index in [9.17, 15) is 13.9 Å². The van der Waals surface area contributed by atoms with Crippen LogP contribution >= 0.6 is 0 Å². The number of aliphatic hydroxyl groups is 1. The van der Waals surface area contributed by atoms with Gasteiger partial charge in [0.2, 0.25) is 0 Å². The van der Waals surface area contributed by atoms with Crippen LogP contribution in [0.15, 0.2) is 36.4 Å². The third-order valence-electron chi connectivity index (χ3n) is 3.68. The Morgan fingerprint density at radius 3 is 2.71 bits per heavy atom. The van der Waals surface area contributed by atoms with Crippen molar-refractivity contribution in [1.29, 1.82) is 0 Å². The molecule has 1 N–H and O–H groups in total. The SMILES string of the molecule is CC1(C)Cc2cc(C(O)c3cccc(F)c3F)ccc2O1. The second-order valence-corrected chi connectivity index (χ2v) is 5.95. The molecule has 110 valence electrons. The molecular weight excluding hydrogens is 274 g/mol. The molecule has 4 heteroatoms. The van der Waals surface area contributed by atoms with Crippen LogP contribution in [0.1, 0.15) is 36.6 Å². The molecule has 2 aromatic carbocycles. The van der Waals surface area contributed by atoms with Gasteiger partial charge in [-0.15, -0.1) is 0 Å². The summed E-state index contributed by atoms with van der Waals surface area (Å²) in [5, 5.41) is 10.3. The summed E-state index contributed by atoms with van der Waals surface area (Å²) in [6, 6.07) is 9.03. The summed E-state index contributed by atoms with van der Waals surface area (Å²) in [7, 11) is 0. The maximum Gasteiger partial charge on any atom is 0.164 e. The smallest absolute Gasteiger partial charge is 0.164 e. The standard InChI is InChI=1S/C17H16F2O2/c1-17(2)9-11-8-10(6-7-14(11)21-17)16(20)12-4-3-5-13(18)15(12)19/h3-8,16,20H,9H2,1-2H3. The van der Waals surface area contributed by atoms with Crippen LogP contribution in [0.3, 0.4) is 0 Å². The fourth-order valence-electron chi connectivity index (χ4n) is 2.71. The molecule has 0 saturated heterocycles. The molecule has 0 bridgehead atoms. The molecule has 0 aromatic heterocycles. The van der Waals surface area contributed by atoms with Crippen LogP contribution in [0, 0.1) is 11.6 Å². The van der Waals surface area contributed by atoms with E-state index in [2.05, 4.69) is 0 Å². The normalized spacial score (nSPS) is 17.2. The van der Waals surface area contributed by atoms with Gasteiger partial charge in [-0.25, -0.2) is 8.78 Å². The molecule has 0 amide bonds. The van der Waals surface area contributed by atoms with Crippen molar-refractivity contribution in [3.05, 3.63) is 64.7 Å². The summed E-state index contributed by atoms with van der Waals surface area (Å²) in [6.45, 7) is 3.96. The van der Waals surface area contributed by atoms with E-state index in [1.54, 1.807) is 18.2 Å². The van der Waals surface area contributed by atoms with Crippen LogP contribution in [-0.2, 0) is 6.42 Å². The van der Waals surface area contributed by atoms with Crippen LogP contribution < -0.4 is 4.74 Å². The molecule has 1 aliphatic rings. The summed E-state index contributed by atoms with van der Waals surface area (Å²) in [4.78, 5) is 0. The predicted octanol–water partition coefficient (Wildman–Crippen LogP) is 3.76. The molecule has 1 aliphatic heterocycles. The van der Waals surface area contributed by atoms with Gasteiger partial charge in [0, 0.05) is 12.0 Å². The number of benzene rings is 2. The monoisotopic (exact) mass is 290 g/mol. The number of ether oxygens (including phenoxy) is 1. The molecule has 1 heterocycles. The molecule has 0 saturated carbocycles. The summed E-state index contributed by atoms with van der Waals surface area (Å²) < 4.78 is 32.8. The lowest BCUT2D eigenvalue weighted by Gasteiger charge is -2.16. The van der Waals surface area contributed by atoms with Gasteiger partial charge in [-0.05, 0) is 43.2 Å². The van der Waals surface area contributed by atoms with E-state index in [0.717, 1.165) is 17.4 Å². The molecule has 21 heavy (non-hydrogen) atoms. The Morgan fingerprint density at radius 1 is 1.19 bits per heavy atom. The second-order valence-electron chi connectivity index (χ2n) is 5.95. The Labute approximate surface area is 122 Å². The Morgan fingerprint density at radius 2 is 1.95 bits per heavy atom. The van der Waals surface area contributed by atoms with E-state index in [-0.39, 0.29) is 11.2 Å². The van der Waals surface area contributed by atoms with Gasteiger partial charge >= 0.3 is 0 Å². The van der Waals surface area contributed by atoms with Crippen LogP contribution in [0.2, 0.25) is 0 Å². The second kappa shape index (κ2) is 4.81. The average Bonchev–Trinajstić information content (AvgIpc) is 2.73. The molecule has 3 rings (SSSR count). The molecule has 2 aromatic rings. The van der Waals surface area contributed by atoms with Crippen LogP contribution in [0.5, 0.6) is 5.75 Å². The van der Waals surface area contributed by atoms with Crippen molar-refractivity contribution in [2.75, 3.05) is 0 Å². The highest BCUT2D eigenvalue weighted by Crippen LogP contribution is 2.37. The number of hydrogen-bond donors (Lipinski definition) is 1. The Bertz CT molecular complexity index is 695. The predicted molar refractivity (Wildman–Crippen MR) is 75.3 cm³/mol. The van der Waals surface area contributed by atoms with Crippen molar-refractivity contribution in [1.82, 2.24) is 0 Å². The van der Waals surface area contributed by atoms with Crippen molar-refractivity contribution in [3.8, 4) is 5.75 Å². The minimum absolute atomic E-state index is 0.0619. The van der Waals surface area contributed by atoms with Crippen molar-refractivity contribution in [2.45, 2.75) is 32.0 Å². The zero-order valence-electron chi connectivity index (χ0n) is 11.9. The number of aliphatic hydroxyl groups excluding tert-OH is 1. The highest BCUT2D eigenvalue weighted by atomic mass is 19.2. The van der Waals surface area contributed by atoms with Crippen molar-refractivity contribution < 1.29 is 18.6 Å². The zero-order valence-corrected chi connectivity index (χ0v) is 11.9. The Hall–Kier alpha value is -1.94. The van der Waals surface area contributed by atoms with E-state index in [4.69, 9.17) is 4.74 Å². The van der Waals surface area contributed by atoms with E-state index >= 15 is 0 Å². The topological polar surface area (TPSA) is 29.5 Å². The number of rotatable bonds is 2. The number of halogens is 2. The minimum Gasteiger partial charge on any atom is -0.487 e. The van der Waals surface area contributed by atoms with Gasteiger partial charge in [0.1, 0.15) is 17.5 Å². The van der Waals surface area contributed by atoms with E-state index in [0.29, 0.717) is 12.0 Å². The molecule has 0 aliphatic carbocycles. The fraction of sp³-hybridized carbons (Fsp3) is 0.294. The number of hydrogen-bond acceptors (Lipinski definition) is 2. The van der Waals surface area contributed by atoms with Crippen molar-refractivity contribution >= 4 is 0 Å². The van der Waals surface area contributed by atoms with Gasteiger partial charge in [0.25, 0.3) is 0 Å². The lowest BCUT2D eigenvalue weighted by molar-refractivity contribution is 0.138. The molecule has 0 fully saturated rings. The first-order valence-electron chi connectivity index (χ1n) is 6.81. The lowest BCUT2D eigenvalue weighted by atomic mass is 9.96. The average molecular weight is 290 g/mol. The third kappa shape index (κ3) is 2.51. The first-order chi connectivity index (χ1) is 9.87. The summed E-state index contributed by atoms with van der Waals surface area (Å²) >= 11 is 0. The summed E-state index contributed by atoms with van der Waals surface area (Å²) in [5.74, 6) is -1.20. The third-order valence-corrected chi connectivity index (χ3v) is 3.68. The molecule has 1 atom stereocenters. The molecule has 2 nitrogen and oxygen atoms in total. The molecular formula is C17H16F2O2. The largest absolute Gasteiger partial charge is 0.487 e. The highest BCUT2D eigenvalue weighted by Gasteiger charge is 2.30. The summed E-state index contributed by atoms with van der Waals surface area (Å²) in [5.41, 5.74) is 1.15. The lowest BCUT2D eigenvalue weighted by Crippen LogP contribution is -2.24. The van der Waals surface area contributed by atoms with Gasteiger partial charge in [0.05, 0.1) is 0 Å². The van der Waals surface area contributed by atoms with Gasteiger partial charge in [-0.1, -0.05) is 18.2 Å². The Kier molecular flexibility index (Phi) is 3.21. The first kappa shape index (κ1) is 14.0. The molecule has 1 unspecified atom stereocenters. The summed E-state index contributed by atoms with van der Waals surface area (Å²) in [6.07, 6.45) is -0.483. The van der Waals surface area contributed by atoms with Gasteiger partial charge in [-0.3, -0.25) is 0 Å². The van der Waals surface area contributed by atoms with Crippen LogP contribution in [0.4, 0.5) is 8.78 Å².